The molecule has 0 heterocycles. The fraction of sp³-hybridized carbons (Fsp3) is 0.265. The van der Waals surface area contributed by atoms with Crippen molar-refractivity contribution in [2.24, 2.45) is 0 Å². The molecule has 3 atom stereocenters. The van der Waals surface area contributed by atoms with Crippen molar-refractivity contribution in [3.05, 3.63) is 144 Å². The Hall–Kier alpha value is -1.61. The minimum atomic E-state index is -0.620. The molecule has 0 radical (unpaired) electrons. The van der Waals surface area contributed by atoms with E-state index in [0.717, 1.165) is 22.3 Å². The monoisotopic (exact) mass is 871 g/mol. The van der Waals surface area contributed by atoms with Crippen LogP contribution in [-0.2, 0) is 54.5 Å². The van der Waals surface area contributed by atoms with Gasteiger partial charge in [-0.3, -0.25) is 9.63 Å². The number of nitrogens with zero attached hydrogens (tertiary/aromatic N) is 1. The van der Waals surface area contributed by atoms with E-state index in [0.29, 0.717) is 26.2 Å². The van der Waals surface area contributed by atoms with Crippen LogP contribution in [-0.4, -0.2) is 42.9 Å². The third kappa shape index (κ3) is 14.0. The highest BCUT2D eigenvalue weighted by Gasteiger charge is 2.35. The maximum absolute atomic E-state index is 12.3. The third-order valence-electron chi connectivity index (χ3n) is 6.69. The highest BCUT2D eigenvalue weighted by Crippen LogP contribution is 2.65. The van der Waals surface area contributed by atoms with Gasteiger partial charge in [-0.05, 0) is 66.3 Å². The Balaban J connectivity index is 1.61. The predicted molar refractivity (Wildman–Crippen MR) is 198 cm³/mol. The van der Waals surface area contributed by atoms with Crippen molar-refractivity contribution in [1.82, 2.24) is 5.06 Å². The highest BCUT2D eigenvalue weighted by molar-refractivity contribution is 14.3. The van der Waals surface area contributed by atoms with Crippen LogP contribution in [0.25, 0.3) is 0 Å². The molecule has 4 aromatic rings. The Morgan fingerprint density at radius 2 is 1.04 bits per heavy atom. The van der Waals surface area contributed by atoms with Crippen LogP contribution in [0.3, 0.4) is 0 Å². The quantitative estimate of drug-likeness (QED) is 0.0272. The Kier molecular flexibility index (Phi) is 17.1. The largest absolute Gasteiger partial charge is 0.369 e. The van der Waals surface area contributed by atoms with Gasteiger partial charge in [0, 0.05) is 11.7 Å². The van der Waals surface area contributed by atoms with E-state index in [9.17, 15) is 4.79 Å². The van der Waals surface area contributed by atoms with Crippen LogP contribution in [0.2, 0.25) is 0 Å². The van der Waals surface area contributed by atoms with E-state index in [1.54, 1.807) is 0 Å². The van der Waals surface area contributed by atoms with Gasteiger partial charge in [-0.15, -0.1) is 0 Å². The maximum Gasteiger partial charge on any atom is 0.233 e. The molecule has 0 bridgehead atoms. The summed E-state index contributed by atoms with van der Waals surface area (Å²) in [6, 6.07) is 39.6. The molecule has 4 rings (SSSR count). The molecule has 45 heavy (non-hydrogen) atoms. The second-order valence-corrected chi connectivity index (χ2v) is 27.5. The summed E-state index contributed by atoms with van der Waals surface area (Å²) >= 11 is 6.15. The van der Waals surface area contributed by atoms with Crippen LogP contribution in [0.4, 0.5) is 0 Å². The summed E-state index contributed by atoms with van der Waals surface area (Å²) in [6.07, 6.45) is -1.07. The molecule has 0 aliphatic heterocycles. The van der Waals surface area contributed by atoms with E-state index in [-0.39, 0.29) is 19.8 Å². The number of hydrogen-bond donors (Lipinski definition) is 0. The minimum absolute atomic E-state index is 0.117. The van der Waals surface area contributed by atoms with E-state index in [1.807, 2.05) is 121 Å². The predicted octanol–water partition coefficient (Wildman–Crippen LogP) is 9.09. The molecule has 0 saturated heterocycles. The first-order valence-corrected chi connectivity index (χ1v) is 22.6. The van der Waals surface area contributed by atoms with Gasteiger partial charge in [-0.2, -0.15) is 0 Å². The van der Waals surface area contributed by atoms with Crippen LogP contribution >= 0.6 is 58.2 Å². The van der Waals surface area contributed by atoms with Crippen LogP contribution in [0.15, 0.2) is 121 Å². The Labute approximate surface area is 296 Å². The second-order valence-electron chi connectivity index (χ2n) is 9.96. The standard InChI is InChI=1S/C34H36I2NO6PS/c35-44(36)45-43-26-33(40-23-29-15-7-2-8-16-29)34(41-24-30-17-9-3-10-18-30)32(39-22-28-13-5-1-6-14-28)21-37(27-38)42-25-31-19-11-4-12-20-31/h1-20,27,32-34H,21-26H2/t32-,33-,34-/m1/s1. The summed E-state index contributed by atoms with van der Waals surface area (Å²) < 4.78 is 25.5. The number of hydrogen-bond acceptors (Lipinski definition) is 7. The fourth-order valence-electron chi connectivity index (χ4n) is 4.44. The molecule has 11 heteroatoms. The lowest BCUT2D eigenvalue weighted by Crippen LogP contribution is -2.49. The van der Waals surface area contributed by atoms with Gasteiger partial charge in [-0.1, -0.05) is 121 Å². The average molecular weight is 872 g/mol. The van der Waals surface area contributed by atoms with Crippen LogP contribution in [0.1, 0.15) is 22.3 Å². The smallest absolute Gasteiger partial charge is 0.233 e. The van der Waals surface area contributed by atoms with Crippen molar-refractivity contribution < 1.29 is 28.0 Å². The summed E-state index contributed by atoms with van der Waals surface area (Å²) in [5, 5.41) is 1.28. The average Bonchev–Trinajstić information content (AvgIpc) is 3.08. The summed E-state index contributed by atoms with van der Waals surface area (Å²) in [6.45, 7) is 1.62. The van der Waals surface area contributed by atoms with E-state index in [4.69, 9.17) is 23.2 Å². The summed E-state index contributed by atoms with van der Waals surface area (Å²) in [5.41, 5.74) is 3.99. The number of halogens is 2. The number of rotatable bonds is 21. The van der Waals surface area contributed by atoms with Crippen molar-refractivity contribution in [3.63, 3.8) is 0 Å². The van der Waals surface area contributed by atoms with Gasteiger partial charge >= 0.3 is 0 Å². The molecular formula is C34H36I2NO6PS. The lowest BCUT2D eigenvalue weighted by molar-refractivity contribution is -0.210. The van der Waals surface area contributed by atoms with Gasteiger partial charge in [0.1, 0.15) is 27.3 Å². The lowest BCUT2D eigenvalue weighted by atomic mass is 10.1. The number of amides is 1. The summed E-state index contributed by atoms with van der Waals surface area (Å²) in [4.78, 5) is 18.3. The number of carbonyl (C=O) groups is 1. The Morgan fingerprint density at radius 3 is 1.49 bits per heavy atom. The van der Waals surface area contributed by atoms with E-state index >= 15 is 0 Å². The maximum atomic E-state index is 12.3. The van der Waals surface area contributed by atoms with Gasteiger partial charge in [0.2, 0.25) is 6.41 Å². The third-order valence-corrected chi connectivity index (χ3v) is 10.6. The molecule has 238 valence electrons. The Morgan fingerprint density at radius 1 is 0.622 bits per heavy atom. The molecule has 1 amide bonds. The zero-order chi connectivity index (χ0) is 31.5. The first-order chi connectivity index (χ1) is 22.1. The SMILES string of the molecule is O=CN(C[C@@H](OCc1ccccc1)[C@@H](OCc1ccccc1)[C@@H](COSP(I)I)OCc1ccccc1)OCc1ccccc1. The topological polar surface area (TPSA) is 66.5 Å². The molecule has 0 unspecified atom stereocenters. The first-order valence-electron chi connectivity index (χ1n) is 14.4. The number of hydroxylamine groups is 2. The van der Waals surface area contributed by atoms with Gasteiger partial charge in [0.15, 0.2) is 0 Å². The molecule has 4 aromatic carbocycles. The molecule has 7 nitrogen and oxygen atoms in total. The minimum Gasteiger partial charge on any atom is -0.369 e. The number of ether oxygens (including phenoxy) is 3. The van der Waals surface area contributed by atoms with Crippen molar-refractivity contribution in [2.45, 2.75) is 44.7 Å². The van der Waals surface area contributed by atoms with E-state index < -0.39 is 20.7 Å². The number of benzene rings is 4. The molecule has 0 N–H and O–H groups in total. The zero-order valence-corrected chi connectivity index (χ0v) is 30.6. The van der Waals surface area contributed by atoms with Gasteiger partial charge in [0.25, 0.3) is 0 Å². The number of carbonyl (C=O) groups excluding carboxylic acids is 1. The highest BCUT2D eigenvalue weighted by atomic mass is 127. The van der Waals surface area contributed by atoms with E-state index in [2.05, 4.69) is 44.1 Å². The molecule has 0 aliphatic rings. The van der Waals surface area contributed by atoms with Crippen molar-refractivity contribution in [1.29, 1.82) is 0 Å². The lowest BCUT2D eigenvalue weighted by Gasteiger charge is -2.35. The van der Waals surface area contributed by atoms with Crippen LogP contribution < -0.4 is 0 Å². The van der Waals surface area contributed by atoms with Crippen molar-refractivity contribution in [2.75, 3.05) is 13.2 Å². The zero-order valence-electron chi connectivity index (χ0n) is 24.6. The van der Waals surface area contributed by atoms with Crippen LogP contribution in [0.5, 0.6) is 0 Å². The first kappa shape index (κ1) is 36.2. The molecule has 0 saturated carbocycles. The van der Waals surface area contributed by atoms with Gasteiger partial charge in [0.05, 0.1) is 33.0 Å². The second kappa shape index (κ2) is 21.3. The molecule has 0 spiro atoms. The van der Waals surface area contributed by atoms with Gasteiger partial charge in [-0.25, -0.2) is 5.06 Å². The summed E-state index contributed by atoms with van der Waals surface area (Å²) in [7, 11) is 0. The molecule has 0 aromatic heterocycles. The normalized spacial score (nSPS) is 13.3. The van der Waals surface area contributed by atoms with Crippen molar-refractivity contribution >= 4 is 64.6 Å². The van der Waals surface area contributed by atoms with E-state index in [1.165, 1.54) is 16.7 Å². The molecule has 0 aliphatic carbocycles. The van der Waals surface area contributed by atoms with Crippen LogP contribution in [0, 0.1) is 0 Å². The Bertz CT molecular complexity index is 1350. The molecule has 0 fully saturated rings. The van der Waals surface area contributed by atoms with Crippen molar-refractivity contribution in [3.8, 4) is 0 Å². The van der Waals surface area contributed by atoms with Gasteiger partial charge < -0.3 is 18.4 Å². The molecular weight excluding hydrogens is 835 g/mol. The fourth-order valence-corrected chi connectivity index (χ4v) is 7.18. The summed E-state index contributed by atoms with van der Waals surface area (Å²) in [5.74, 6) is 0.